The molecule has 0 saturated heterocycles. The highest BCUT2D eigenvalue weighted by Crippen LogP contribution is 2.38. The standard InChI is InChI=1S/C17H25N3O2S/c1-2-3-8-20(10-11-21)9-7-16(22)19-17-14(12-18)13-5-4-6-15(13)23-17/h21H,2-11H2,1H3,(H,19,22). The van der Waals surface area contributed by atoms with E-state index in [1.165, 1.54) is 4.88 Å². The van der Waals surface area contributed by atoms with Crippen LogP contribution in [0.25, 0.3) is 0 Å². The van der Waals surface area contributed by atoms with Crippen molar-refractivity contribution >= 4 is 22.2 Å². The van der Waals surface area contributed by atoms with E-state index in [1.54, 1.807) is 11.3 Å². The van der Waals surface area contributed by atoms with Crippen LogP contribution in [-0.4, -0.2) is 42.2 Å². The molecule has 5 nitrogen and oxygen atoms in total. The summed E-state index contributed by atoms with van der Waals surface area (Å²) in [5.41, 5.74) is 1.80. The fourth-order valence-corrected chi connectivity index (χ4v) is 4.17. The minimum Gasteiger partial charge on any atom is -0.395 e. The van der Waals surface area contributed by atoms with Crippen LogP contribution >= 0.6 is 11.3 Å². The van der Waals surface area contributed by atoms with Crippen LogP contribution in [0.5, 0.6) is 0 Å². The van der Waals surface area contributed by atoms with Gasteiger partial charge in [-0.15, -0.1) is 11.3 Å². The van der Waals surface area contributed by atoms with Crippen molar-refractivity contribution in [1.29, 1.82) is 5.26 Å². The summed E-state index contributed by atoms with van der Waals surface area (Å²) in [6.45, 7) is 4.38. The van der Waals surface area contributed by atoms with Gasteiger partial charge in [0.15, 0.2) is 0 Å². The zero-order chi connectivity index (χ0) is 16.7. The van der Waals surface area contributed by atoms with Crippen LogP contribution < -0.4 is 5.32 Å². The maximum atomic E-state index is 12.2. The summed E-state index contributed by atoms with van der Waals surface area (Å²) in [5, 5.41) is 22.1. The zero-order valence-corrected chi connectivity index (χ0v) is 14.5. The van der Waals surface area contributed by atoms with E-state index in [4.69, 9.17) is 5.11 Å². The molecule has 1 aliphatic carbocycles. The lowest BCUT2D eigenvalue weighted by Gasteiger charge is -2.20. The number of nitriles is 1. The third-order valence-corrected chi connectivity index (χ3v) is 5.39. The molecule has 23 heavy (non-hydrogen) atoms. The molecule has 0 aliphatic heterocycles. The van der Waals surface area contributed by atoms with Gasteiger partial charge in [0.05, 0.1) is 12.2 Å². The summed E-state index contributed by atoms with van der Waals surface area (Å²) < 4.78 is 0. The molecule has 0 radical (unpaired) electrons. The lowest BCUT2D eigenvalue weighted by Crippen LogP contribution is -2.31. The highest BCUT2D eigenvalue weighted by atomic mass is 32.1. The summed E-state index contributed by atoms with van der Waals surface area (Å²) in [5.74, 6) is -0.0548. The number of unbranched alkanes of at least 4 members (excludes halogenated alkanes) is 1. The van der Waals surface area contributed by atoms with Crippen molar-refractivity contribution in [1.82, 2.24) is 4.90 Å². The Morgan fingerprint density at radius 1 is 1.39 bits per heavy atom. The Balaban J connectivity index is 1.88. The first kappa shape index (κ1) is 17.9. The van der Waals surface area contributed by atoms with Gasteiger partial charge >= 0.3 is 0 Å². The molecule has 1 aromatic rings. The fraction of sp³-hybridized carbons (Fsp3) is 0.647. The second-order valence-corrected chi connectivity index (χ2v) is 7.00. The second kappa shape index (κ2) is 9.02. The van der Waals surface area contributed by atoms with Gasteiger partial charge in [-0.3, -0.25) is 4.79 Å². The number of thiophene rings is 1. The monoisotopic (exact) mass is 335 g/mol. The van der Waals surface area contributed by atoms with E-state index in [-0.39, 0.29) is 12.5 Å². The van der Waals surface area contributed by atoms with E-state index in [0.717, 1.165) is 44.2 Å². The highest BCUT2D eigenvalue weighted by Gasteiger charge is 2.23. The molecular formula is C17H25N3O2S. The second-order valence-electron chi connectivity index (χ2n) is 5.89. The summed E-state index contributed by atoms with van der Waals surface area (Å²) >= 11 is 1.55. The molecule has 2 N–H and O–H groups in total. The van der Waals surface area contributed by atoms with E-state index in [9.17, 15) is 10.1 Å². The lowest BCUT2D eigenvalue weighted by molar-refractivity contribution is -0.116. The average Bonchev–Trinajstić information content (AvgIpc) is 3.10. The number of hydrogen-bond acceptors (Lipinski definition) is 5. The number of rotatable bonds is 9. The SMILES string of the molecule is CCCCN(CCO)CCC(=O)Nc1sc2c(c1C#N)CCC2. The van der Waals surface area contributed by atoms with Gasteiger partial charge < -0.3 is 15.3 Å². The zero-order valence-electron chi connectivity index (χ0n) is 13.7. The predicted octanol–water partition coefficient (Wildman–Crippen LogP) is 2.53. The Morgan fingerprint density at radius 3 is 2.91 bits per heavy atom. The molecule has 1 heterocycles. The van der Waals surface area contributed by atoms with Gasteiger partial charge in [-0.1, -0.05) is 13.3 Å². The largest absolute Gasteiger partial charge is 0.395 e. The Hall–Kier alpha value is -1.42. The number of nitrogens with zero attached hydrogens (tertiary/aromatic N) is 2. The van der Waals surface area contributed by atoms with Crippen molar-refractivity contribution in [2.75, 3.05) is 31.6 Å². The molecule has 0 spiro atoms. The molecule has 126 valence electrons. The number of aryl methyl sites for hydroxylation is 1. The van der Waals surface area contributed by atoms with Gasteiger partial charge in [0.1, 0.15) is 11.1 Å². The molecule has 0 fully saturated rings. The van der Waals surface area contributed by atoms with Gasteiger partial charge in [-0.05, 0) is 37.8 Å². The topological polar surface area (TPSA) is 76.4 Å². The summed E-state index contributed by atoms with van der Waals surface area (Å²) in [6, 6.07) is 2.25. The third-order valence-electron chi connectivity index (χ3n) is 4.19. The first-order chi connectivity index (χ1) is 11.2. The number of anilines is 1. The predicted molar refractivity (Wildman–Crippen MR) is 92.7 cm³/mol. The molecule has 2 rings (SSSR count). The Bertz CT molecular complexity index is 577. The molecule has 1 aromatic heterocycles. The van der Waals surface area contributed by atoms with E-state index in [0.29, 0.717) is 30.1 Å². The van der Waals surface area contributed by atoms with E-state index < -0.39 is 0 Å². The van der Waals surface area contributed by atoms with Gasteiger partial charge in [0.2, 0.25) is 5.91 Å². The number of carbonyl (C=O) groups is 1. The summed E-state index contributed by atoms with van der Waals surface area (Å²) in [7, 11) is 0. The number of nitrogens with one attached hydrogen (secondary N) is 1. The smallest absolute Gasteiger partial charge is 0.226 e. The van der Waals surface area contributed by atoms with Gasteiger partial charge in [-0.25, -0.2) is 0 Å². The van der Waals surface area contributed by atoms with Crippen LogP contribution in [0.3, 0.4) is 0 Å². The van der Waals surface area contributed by atoms with Crippen LogP contribution in [0.2, 0.25) is 0 Å². The number of hydrogen-bond donors (Lipinski definition) is 2. The number of aliphatic hydroxyl groups excluding tert-OH is 1. The highest BCUT2D eigenvalue weighted by molar-refractivity contribution is 7.16. The summed E-state index contributed by atoms with van der Waals surface area (Å²) in [4.78, 5) is 15.6. The van der Waals surface area contributed by atoms with Crippen LogP contribution in [0.15, 0.2) is 0 Å². The van der Waals surface area contributed by atoms with E-state index >= 15 is 0 Å². The van der Waals surface area contributed by atoms with Crippen molar-refractivity contribution in [2.24, 2.45) is 0 Å². The minimum absolute atomic E-state index is 0.0548. The normalized spacial score (nSPS) is 13.1. The Labute approximate surface area is 141 Å². The van der Waals surface area contributed by atoms with Gasteiger partial charge in [0.25, 0.3) is 0 Å². The van der Waals surface area contributed by atoms with Crippen molar-refractivity contribution in [3.8, 4) is 6.07 Å². The van der Waals surface area contributed by atoms with Crippen LogP contribution in [0.1, 0.15) is 48.6 Å². The number of carbonyl (C=O) groups excluding carboxylic acids is 1. The van der Waals surface area contributed by atoms with Crippen molar-refractivity contribution in [2.45, 2.75) is 45.4 Å². The first-order valence-electron chi connectivity index (χ1n) is 8.37. The number of fused-ring (bicyclic) bond motifs is 1. The summed E-state index contributed by atoms with van der Waals surface area (Å²) in [6.07, 6.45) is 5.63. The average molecular weight is 335 g/mol. The fourth-order valence-electron chi connectivity index (χ4n) is 2.92. The molecule has 1 aliphatic rings. The molecule has 0 atom stereocenters. The third kappa shape index (κ3) is 4.77. The van der Waals surface area contributed by atoms with Crippen LogP contribution in [-0.2, 0) is 17.6 Å². The minimum atomic E-state index is -0.0548. The van der Waals surface area contributed by atoms with Crippen molar-refractivity contribution < 1.29 is 9.90 Å². The molecule has 0 saturated carbocycles. The molecule has 0 unspecified atom stereocenters. The number of aliphatic hydroxyl groups is 1. The number of amides is 1. The van der Waals surface area contributed by atoms with Gasteiger partial charge in [0, 0.05) is 24.4 Å². The Kier molecular flexibility index (Phi) is 7.03. The maximum Gasteiger partial charge on any atom is 0.226 e. The van der Waals surface area contributed by atoms with E-state index in [1.807, 2.05) is 0 Å². The molecule has 0 bridgehead atoms. The van der Waals surface area contributed by atoms with E-state index in [2.05, 4.69) is 23.2 Å². The molecular weight excluding hydrogens is 310 g/mol. The maximum absolute atomic E-state index is 12.2. The molecule has 6 heteroatoms. The van der Waals surface area contributed by atoms with Crippen LogP contribution in [0.4, 0.5) is 5.00 Å². The lowest BCUT2D eigenvalue weighted by atomic mass is 10.1. The first-order valence-corrected chi connectivity index (χ1v) is 9.19. The van der Waals surface area contributed by atoms with Crippen molar-refractivity contribution in [3.63, 3.8) is 0 Å². The van der Waals surface area contributed by atoms with Crippen molar-refractivity contribution in [3.05, 3.63) is 16.0 Å². The Morgan fingerprint density at radius 2 is 2.22 bits per heavy atom. The quantitative estimate of drug-likeness (QED) is 0.727. The van der Waals surface area contributed by atoms with Crippen LogP contribution in [0, 0.1) is 11.3 Å². The molecule has 1 amide bonds. The van der Waals surface area contributed by atoms with Gasteiger partial charge in [-0.2, -0.15) is 5.26 Å². The molecule has 0 aromatic carbocycles.